The number of halogens is 1. The minimum atomic E-state index is -1.98. The van der Waals surface area contributed by atoms with Gasteiger partial charge in [0.25, 0.3) is 0 Å². The first-order chi connectivity index (χ1) is 15.8. The molecule has 2 aromatic carbocycles. The summed E-state index contributed by atoms with van der Waals surface area (Å²) in [7, 11) is 0. The molecule has 1 aromatic heterocycles. The molecule has 1 aliphatic carbocycles. The molecule has 3 N–H and O–H groups in total. The maximum absolute atomic E-state index is 13.1. The zero-order valence-corrected chi connectivity index (χ0v) is 18.0. The second kappa shape index (κ2) is 9.43. The van der Waals surface area contributed by atoms with Crippen molar-refractivity contribution in [2.45, 2.75) is 25.0 Å². The van der Waals surface area contributed by atoms with Crippen LogP contribution in [-0.4, -0.2) is 34.6 Å². The summed E-state index contributed by atoms with van der Waals surface area (Å²) >= 11 is 1.44. The summed E-state index contributed by atoms with van der Waals surface area (Å²) in [5, 5.41) is 17.3. The van der Waals surface area contributed by atoms with Crippen LogP contribution < -0.4 is 10.6 Å². The molecule has 2 unspecified atom stereocenters. The van der Waals surface area contributed by atoms with Gasteiger partial charge in [0.15, 0.2) is 17.7 Å². The average molecular weight is 466 g/mol. The Balaban J connectivity index is 1.53. The number of aliphatic hydroxyl groups is 1. The number of hydrogen-bond acceptors (Lipinski definition) is 6. The molecular formula is C24H19FN2O5S. The van der Waals surface area contributed by atoms with Crippen molar-refractivity contribution in [3.05, 3.63) is 87.4 Å². The van der Waals surface area contributed by atoms with E-state index in [0.29, 0.717) is 11.3 Å². The van der Waals surface area contributed by atoms with Gasteiger partial charge < -0.3 is 15.7 Å². The van der Waals surface area contributed by atoms with Gasteiger partial charge in [0.2, 0.25) is 11.8 Å². The van der Waals surface area contributed by atoms with Gasteiger partial charge in [-0.25, -0.2) is 4.39 Å². The quantitative estimate of drug-likeness (QED) is 0.484. The Morgan fingerprint density at radius 3 is 2.52 bits per heavy atom. The molecule has 0 fully saturated rings. The summed E-state index contributed by atoms with van der Waals surface area (Å²) < 4.78 is 13.1. The largest absolute Gasteiger partial charge is 0.377 e. The molecule has 0 bridgehead atoms. The number of Topliss-reactive ketones (excluding diaryl/α,β-unsaturated/α-hetero) is 2. The fourth-order valence-corrected chi connectivity index (χ4v) is 4.33. The topological polar surface area (TPSA) is 113 Å². The average Bonchev–Trinajstić information content (AvgIpc) is 3.30. The Morgan fingerprint density at radius 1 is 1.06 bits per heavy atom. The van der Waals surface area contributed by atoms with Gasteiger partial charge in [-0.3, -0.25) is 19.2 Å². The van der Waals surface area contributed by atoms with Crippen molar-refractivity contribution in [2.24, 2.45) is 0 Å². The fraction of sp³-hybridized carbons (Fsp3) is 0.167. The second-order valence-corrected chi connectivity index (χ2v) is 8.59. The van der Waals surface area contributed by atoms with E-state index in [1.54, 1.807) is 0 Å². The van der Waals surface area contributed by atoms with Crippen LogP contribution in [-0.2, 0) is 27.3 Å². The van der Waals surface area contributed by atoms with Crippen molar-refractivity contribution in [2.75, 3.05) is 5.32 Å². The van der Waals surface area contributed by atoms with E-state index < -0.39 is 35.3 Å². The van der Waals surface area contributed by atoms with Gasteiger partial charge in [0, 0.05) is 22.7 Å². The van der Waals surface area contributed by atoms with E-state index in [1.807, 2.05) is 17.5 Å². The van der Waals surface area contributed by atoms with Crippen LogP contribution in [0.2, 0.25) is 0 Å². The van der Waals surface area contributed by atoms with E-state index >= 15 is 0 Å². The predicted octanol–water partition coefficient (Wildman–Crippen LogP) is 2.59. The predicted molar refractivity (Wildman–Crippen MR) is 119 cm³/mol. The van der Waals surface area contributed by atoms with Gasteiger partial charge in [-0.05, 0) is 46.8 Å². The minimum absolute atomic E-state index is 0.00189. The third-order valence-corrected chi connectivity index (χ3v) is 6.15. The second-order valence-electron chi connectivity index (χ2n) is 7.55. The lowest BCUT2D eigenvalue weighted by molar-refractivity contribution is -0.134. The van der Waals surface area contributed by atoms with Crippen molar-refractivity contribution in [1.82, 2.24) is 5.32 Å². The highest BCUT2D eigenvalue weighted by Crippen LogP contribution is 2.32. The van der Waals surface area contributed by atoms with E-state index in [1.165, 1.54) is 53.8 Å². The zero-order valence-electron chi connectivity index (χ0n) is 17.2. The number of nitrogens with one attached hydrogen (secondary N) is 2. The van der Waals surface area contributed by atoms with Crippen LogP contribution in [0.15, 0.2) is 60.0 Å². The van der Waals surface area contributed by atoms with Crippen LogP contribution in [0.1, 0.15) is 32.3 Å². The normalized spacial score (nSPS) is 17.4. The minimum Gasteiger partial charge on any atom is -0.377 e. The van der Waals surface area contributed by atoms with Crippen LogP contribution in [0.5, 0.6) is 0 Å². The lowest BCUT2D eigenvalue weighted by atomic mass is 9.78. The molecule has 0 aliphatic heterocycles. The number of anilines is 1. The number of thiophene rings is 1. The van der Waals surface area contributed by atoms with E-state index in [4.69, 9.17) is 0 Å². The number of rotatable bonds is 6. The fourth-order valence-electron chi connectivity index (χ4n) is 3.63. The van der Waals surface area contributed by atoms with Gasteiger partial charge >= 0.3 is 0 Å². The summed E-state index contributed by atoms with van der Waals surface area (Å²) in [6.07, 6.45) is -1.81. The molecule has 0 saturated heterocycles. The highest BCUT2D eigenvalue weighted by atomic mass is 32.1. The summed E-state index contributed by atoms with van der Waals surface area (Å²) in [6, 6.07) is 13.5. The van der Waals surface area contributed by atoms with E-state index in [-0.39, 0.29) is 30.0 Å². The molecule has 4 rings (SSSR count). The Bertz CT molecular complexity index is 1220. The Hall–Kier alpha value is -3.69. The van der Waals surface area contributed by atoms with Crippen LogP contribution in [0.25, 0.3) is 0 Å². The molecule has 0 saturated carbocycles. The molecule has 2 atom stereocenters. The number of carbonyl (C=O) groups excluding carboxylic acids is 4. The van der Waals surface area contributed by atoms with E-state index in [0.717, 1.165) is 4.88 Å². The Kier molecular flexibility index (Phi) is 6.43. The molecule has 168 valence electrons. The highest BCUT2D eigenvalue weighted by molar-refractivity contribution is 7.10. The molecule has 0 radical (unpaired) electrons. The first-order valence-corrected chi connectivity index (χ1v) is 11.0. The van der Waals surface area contributed by atoms with Crippen LogP contribution in [0.4, 0.5) is 10.1 Å². The lowest BCUT2D eigenvalue weighted by Gasteiger charge is -2.26. The van der Waals surface area contributed by atoms with Crippen molar-refractivity contribution in [3.8, 4) is 0 Å². The Morgan fingerprint density at radius 2 is 1.82 bits per heavy atom. The number of aliphatic hydroxyl groups excluding tert-OH is 1. The summed E-state index contributed by atoms with van der Waals surface area (Å²) in [6.45, 7) is 0.0408. The summed E-state index contributed by atoms with van der Waals surface area (Å²) in [5.41, 5.74) is 1.09. The van der Waals surface area contributed by atoms with E-state index in [9.17, 15) is 28.7 Å². The first-order valence-electron chi connectivity index (χ1n) is 10.1. The molecule has 0 spiro atoms. The van der Waals surface area contributed by atoms with Gasteiger partial charge in [-0.15, -0.1) is 11.3 Å². The maximum Gasteiger partial charge on any atom is 0.235 e. The number of hydrogen-bond donors (Lipinski definition) is 3. The summed E-state index contributed by atoms with van der Waals surface area (Å²) in [4.78, 5) is 51.1. The molecule has 9 heteroatoms. The molecule has 1 aliphatic rings. The van der Waals surface area contributed by atoms with Gasteiger partial charge in [-0.1, -0.05) is 24.3 Å². The van der Waals surface area contributed by atoms with Crippen molar-refractivity contribution >= 4 is 40.4 Å². The van der Waals surface area contributed by atoms with Crippen molar-refractivity contribution in [1.29, 1.82) is 0 Å². The summed E-state index contributed by atoms with van der Waals surface area (Å²) in [5.74, 6) is -4.52. The molecule has 1 heterocycles. The molecule has 7 nitrogen and oxygen atoms in total. The van der Waals surface area contributed by atoms with Crippen LogP contribution in [0.3, 0.4) is 0 Å². The number of amides is 2. The standard InChI is InChI=1S/C24H19FN2O5S/c25-14-5-3-13(4-6-14)12-26-24(32)20-17-8-7-15(10-18(17)21(29)23(31)22(20)30)27-19(28)11-16-2-1-9-33-16/h1-10,20,23,31H,11-12H2,(H,26,32)(H,27,28). The molecular weight excluding hydrogens is 447 g/mol. The molecule has 33 heavy (non-hydrogen) atoms. The Labute approximate surface area is 192 Å². The zero-order chi connectivity index (χ0) is 23.5. The SMILES string of the molecule is O=C(Cc1cccs1)Nc1ccc2c(c1)C(=O)C(O)C(=O)C2C(=O)NCc1ccc(F)cc1. The van der Waals surface area contributed by atoms with Crippen LogP contribution >= 0.6 is 11.3 Å². The van der Waals surface area contributed by atoms with Gasteiger partial charge in [0.05, 0.1) is 6.42 Å². The molecule has 3 aromatic rings. The lowest BCUT2D eigenvalue weighted by Crippen LogP contribution is -2.45. The van der Waals surface area contributed by atoms with E-state index in [2.05, 4.69) is 10.6 Å². The van der Waals surface area contributed by atoms with Crippen LogP contribution in [0, 0.1) is 5.82 Å². The maximum atomic E-state index is 13.1. The monoisotopic (exact) mass is 466 g/mol. The third-order valence-electron chi connectivity index (χ3n) is 5.27. The number of ketones is 2. The number of benzene rings is 2. The van der Waals surface area contributed by atoms with Gasteiger partial charge in [-0.2, -0.15) is 0 Å². The smallest absolute Gasteiger partial charge is 0.235 e. The first kappa shape index (κ1) is 22.5. The van der Waals surface area contributed by atoms with Crippen molar-refractivity contribution < 1.29 is 28.7 Å². The number of carbonyl (C=O) groups is 4. The number of fused-ring (bicyclic) bond motifs is 1. The van der Waals surface area contributed by atoms with Gasteiger partial charge in [0.1, 0.15) is 11.7 Å². The highest BCUT2D eigenvalue weighted by Gasteiger charge is 2.43. The third kappa shape index (κ3) is 4.89. The van der Waals surface area contributed by atoms with Crippen molar-refractivity contribution in [3.63, 3.8) is 0 Å². The molecule has 2 amide bonds.